The second-order valence-corrected chi connectivity index (χ2v) is 23.9. The van der Waals surface area contributed by atoms with E-state index in [1.165, 1.54) is 92.9 Å². The highest BCUT2D eigenvalue weighted by atomic mass is 32.1. The van der Waals surface area contributed by atoms with E-state index in [4.69, 9.17) is 4.74 Å². The second kappa shape index (κ2) is 14.5. The molecule has 3 nitrogen and oxygen atoms in total. The largest absolute Gasteiger partial charge is 0.458 e. The van der Waals surface area contributed by atoms with Crippen LogP contribution in [0.15, 0.2) is 133 Å². The molecule has 0 fully saturated rings. The van der Waals surface area contributed by atoms with Gasteiger partial charge in [-0.1, -0.05) is 148 Å². The molecule has 0 N–H and O–H groups in total. The number of nitrogens with zero attached hydrogens (tertiary/aromatic N) is 2. The summed E-state index contributed by atoms with van der Waals surface area (Å²) >= 11 is 1.96. The zero-order chi connectivity index (χ0) is 46.4. The maximum atomic E-state index is 7.52. The lowest BCUT2D eigenvalue weighted by atomic mass is 9.35. The summed E-state index contributed by atoms with van der Waals surface area (Å²) in [5.41, 5.74) is 21.0. The number of ether oxygens (including phenoxy) is 1. The van der Waals surface area contributed by atoms with Gasteiger partial charge in [0.05, 0.1) is 11.4 Å². The molecule has 3 heterocycles. The third-order valence-corrected chi connectivity index (χ3v) is 15.9. The molecule has 3 aliphatic rings. The Kier molecular flexibility index (Phi) is 9.35. The smallest absolute Gasteiger partial charge is 0.269 e. The fraction of sp³-hybridized carbons (Fsp3) is 0.279. The van der Waals surface area contributed by atoms with Crippen molar-refractivity contribution in [2.45, 2.75) is 112 Å². The molecule has 5 heteroatoms. The van der Waals surface area contributed by atoms with E-state index in [0.29, 0.717) is 0 Å². The van der Waals surface area contributed by atoms with Crippen LogP contribution in [0.3, 0.4) is 0 Å². The van der Waals surface area contributed by atoms with Crippen molar-refractivity contribution in [2.75, 3.05) is 9.80 Å². The Hall–Kier alpha value is -6.04. The number of fused-ring (bicyclic) bond motifs is 10. The molecular weight excluding hydrogens is 820 g/mol. The third-order valence-electron chi connectivity index (χ3n) is 14.7. The fourth-order valence-electron chi connectivity index (χ4n) is 11.1. The van der Waals surface area contributed by atoms with E-state index < -0.39 is 0 Å². The van der Waals surface area contributed by atoms with Gasteiger partial charge in [-0.05, 0) is 141 Å². The summed E-state index contributed by atoms with van der Waals surface area (Å²) in [5.74, 6) is 1.87. The summed E-state index contributed by atoms with van der Waals surface area (Å²) in [6.07, 6.45) is 0. The summed E-state index contributed by atoms with van der Waals surface area (Å²) in [4.78, 5) is 5.05. The van der Waals surface area contributed by atoms with Gasteiger partial charge in [-0.2, -0.15) is 0 Å². The van der Waals surface area contributed by atoms with Gasteiger partial charge in [0.15, 0.2) is 0 Å². The van der Waals surface area contributed by atoms with E-state index >= 15 is 0 Å². The topological polar surface area (TPSA) is 15.7 Å². The van der Waals surface area contributed by atoms with E-state index in [0.717, 1.165) is 28.6 Å². The Morgan fingerprint density at radius 3 is 1.80 bits per heavy atom. The molecule has 0 spiro atoms. The number of benzene rings is 7. The van der Waals surface area contributed by atoms with Gasteiger partial charge < -0.3 is 14.5 Å². The summed E-state index contributed by atoms with van der Waals surface area (Å²) in [6, 6.07) is 51.0. The molecule has 1 aromatic heterocycles. The molecule has 330 valence electrons. The van der Waals surface area contributed by atoms with Gasteiger partial charge in [0, 0.05) is 54.7 Å². The molecule has 0 saturated carbocycles. The van der Waals surface area contributed by atoms with E-state index in [1.54, 1.807) is 0 Å². The van der Waals surface area contributed by atoms with Gasteiger partial charge in [0.1, 0.15) is 11.5 Å². The molecule has 0 amide bonds. The summed E-state index contributed by atoms with van der Waals surface area (Å²) in [7, 11) is 0. The molecule has 0 atom stereocenters. The molecule has 0 bridgehead atoms. The number of hydrogen-bond donors (Lipinski definition) is 0. The molecule has 8 aromatic rings. The van der Waals surface area contributed by atoms with Crippen LogP contribution in [0.2, 0.25) is 0 Å². The molecule has 0 radical (unpaired) electrons. The summed E-state index contributed by atoms with van der Waals surface area (Å²) in [5, 5.41) is 1.31. The minimum absolute atomic E-state index is 0.00673. The number of anilines is 6. The van der Waals surface area contributed by atoms with Crippen molar-refractivity contribution in [1.82, 2.24) is 0 Å². The van der Waals surface area contributed by atoms with Gasteiger partial charge in [-0.3, -0.25) is 0 Å². The Balaban J connectivity index is 1.24. The van der Waals surface area contributed by atoms with Gasteiger partial charge in [-0.25, -0.2) is 0 Å². The SMILES string of the molecule is Cc1ccc(N(c2ccc(C(C)(C)C)cc2)c2cc3c(c4c2-c2ccccc2C4(C)C)B2c4sc5ccc(C(C)(C)C)cc5c4N(c4ccc(C(C)(C)C)cc4)c4cc(C)cc(c42)O3)cc1. The van der Waals surface area contributed by atoms with Gasteiger partial charge >= 0.3 is 0 Å². The van der Waals surface area contributed by atoms with Crippen molar-refractivity contribution in [2.24, 2.45) is 0 Å². The van der Waals surface area contributed by atoms with Crippen LogP contribution in [-0.2, 0) is 21.7 Å². The van der Waals surface area contributed by atoms with Crippen LogP contribution in [0, 0.1) is 13.8 Å². The first kappa shape index (κ1) is 42.6. The van der Waals surface area contributed by atoms with E-state index in [2.05, 4.69) is 233 Å². The first-order valence-corrected chi connectivity index (χ1v) is 24.6. The fourth-order valence-corrected chi connectivity index (χ4v) is 12.4. The highest BCUT2D eigenvalue weighted by molar-refractivity contribution is 7.33. The zero-order valence-corrected chi connectivity index (χ0v) is 41.8. The lowest BCUT2D eigenvalue weighted by Crippen LogP contribution is -2.60. The van der Waals surface area contributed by atoms with Crippen molar-refractivity contribution < 1.29 is 4.74 Å². The predicted molar refractivity (Wildman–Crippen MR) is 286 cm³/mol. The summed E-state index contributed by atoms with van der Waals surface area (Å²) < 4.78 is 10.2. The second-order valence-electron chi connectivity index (χ2n) is 22.8. The van der Waals surface area contributed by atoms with E-state index in [9.17, 15) is 0 Å². The summed E-state index contributed by atoms with van der Waals surface area (Å²) in [6.45, 7) is 30.0. The molecule has 66 heavy (non-hydrogen) atoms. The normalized spacial score (nSPS) is 14.6. The van der Waals surface area contributed by atoms with Crippen molar-refractivity contribution in [3.63, 3.8) is 0 Å². The maximum Gasteiger partial charge on any atom is 0.269 e. The predicted octanol–water partition coefficient (Wildman–Crippen LogP) is 15.6. The van der Waals surface area contributed by atoms with Crippen LogP contribution in [0.1, 0.15) is 115 Å². The Bertz CT molecular complexity index is 3260. The van der Waals surface area contributed by atoms with Gasteiger partial charge in [-0.15, -0.1) is 11.3 Å². The Labute approximate surface area is 397 Å². The van der Waals surface area contributed by atoms with Gasteiger partial charge in [0.25, 0.3) is 6.71 Å². The number of hydrogen-bond acceptors (Lipinski definition) is 4. The third kappa shape index (κ3) is 6.51. The standard InChI is InChI=1S/C61H61BN2OS/c1-36-18-25-41(26-19-36)63(42-27-20-38(21-28-42)58(3,4)5)47-35-50-55(53-52(47)44-16-14-15-17-46(44)61(53,12)13)62-54-48(32-37(2)33-49(54)65-50)64(43-29-22-39(23-30-43)59(6,7)8)56-45-34-40(60(9,10)11)24-31-51(45)66-57(56)62/h14-35H,1-13H3. The lowest BCUT2D eigenvalue weighted by Gasteiger charge is -2.41. The molecule has 7 aromatic carbocycles. The quantitative estimate of drug-likeness (QED) is 0.164. The van der Waals surface area contributed by atoms with Crippen LogP contribution in [-0.4, -0.2) is 6.71 Å². The van der Waals surface area contributed by atoms with Crippen LogP contribution < -0.4 is 30.2 Å². The average Bonchev–Trinajstić information content (AvgIpc) is 3.75. The van der Waals surface area contributed by atoms with Crippen LogP contribution in [0.5, 0.6) is 11.5 Å². The first-order chi connectivity index (χ1) is 31.2. The molecular formula is C61H61BN2OS. The number of rotatable bonds is 4. The molecule has 2 aliphatic heterocycles. The van der Waals surface area contributed by atoms with Gasteiger partial charge in [0.2, 0.25) is 0 Å². The van der Waals surface area contributed by atoms with Crippen molar-refractivity contribution in [3.05, 3.63) is 172 Å². The molecule has 0 saturated heterocycles. The highest BCUT2D eigenvalue weighted by Gasteiger charge is 2.50. The van der Waals surface area contributed by atoms with E-state index in [-0.39, 0.29) is 28.4 Å². The Morgan fingerprint density at radius 2 is 1.17 bits per heavy atom. The minimum atomic E-state index is -0.330. The average molecular weight is 881 g/mol. The molecule has 1 aliphatic carbocycles. The lowest BCUT2D eigenvalue weighted by molar-refractivity contribution is 0.485. The van der Waals surface area contributed by atoms with Crippen LogP contribution >= 0.6 is 11.3 Å². The van der Waals surface area contributed by atoms with Crippen LogP contribution in [0.25, 0.3) is 21.2 Å². The Morgan fingerprint density at radius 1 is 0.591 bits per heavy atom. The highest BCUT2D eigenvalue weighted by Crippen LogP contribution is 2.57. The number of thiophene rings is 1. The van der Waals surface area contributed by atoms with E-state index in [1.807, 2.05) is 11.3 Å². The van der Waals surface area contributed by atoms with Crippen molar-refractivity contribution >= 4 is 78.0 Å². The monoisotopic (exact) mass is 880 g/mol. The first-order valence-electron chi connectivity index (χ1n) is 23.8. The minimum Gasteiger partial charge on any atom is -0.458 e. The number of aryl methyl sites for hydroxylation is 2. The molecule has 11 rings (SSSR count). The molecule has 0 unspecified atom stereocenters. The van der Waals surface area contributed by atoms with Crippen molar-refractivity contribution in [1.29, 1.82) is 0 Å². The zero-order valence-electron chi connectivity index (χ0n) is 41.0. The van der Waals surface area contributed by atoms with Crippen molar-refractivity contribution in [3.8, 4) is 22.6 Å². The maximum absolute atomic E-state index is 7.52. The van der Waals surface area contributed by atoms with Crippen LogP contribution in [0.4, 0.5) is 34.1 Å².